The molecule has 2 saturated heterocycles. The quantitative estimate of drug-likeness (QED) is 0.412. The minimum Gasteiger partial charge on any atom is -0.495 e. The lowest BCUT2D eigenvalue weighted by molar-refractivity contribution is -0.123. The third kappa shape index (κ3) is 4.27. The van der Waals surface area contributed by atoms with Crippen LogP contribution in [0.4, 0.5) is 5.69 Å². The Kier molecular flexibility index (Phi) is 7.19. The maximum Gasteiger partial charge on any atom is 0.268 e. The number of amides is 3. The first-order valence-electron chi connectivity index (χ1n) is 12.0. The summed E-state index contributed by atoms with van der Waals surface area (Å²) in [5.74, 6) is -1.02. The van der Waals surface area contributed by atoms with Crippen LogP contribution in [0, 0.1) is 5.92 Å². The van der Waals surface area contributed by atoms with E-state index in [4.69, 9.17) is 18.9 Å². The van der Waals surface area contributed by atoms with Crippen LogP contribution in [0.2, 0.25) is 0 Å². The molecule has 1 N–H and O–H groups in total. The van der Waals surface area contributed by atoms with Gasteiger partial charge in [0.05, 0.1) is 46.1 Å². The number of methoxy groups -OCH3 is 4. The summed E-state index contributed by atoms with van der Waals surface area (Å²) in [4.78, 5) is 42.9. The maximum atomic E-state index is 14.1. The smallest absolute Gasteiger partial charge is 0.268 e. The van der Waals surface area contributed by atoms with Crippen LogP contribution in [0.5, 0.6) is 23.0 Å². The number of anilines is 1. The molecule has 10 nitrogen and oxygen atoms in total. The van der Waals surface area contributed by atoms with E-state index in [0.29, 0.717) is 44.3 Å². The number of benzene rings is 3. The molecule has 0 spiro atoms. The average molecular weight is 596 g/mol. The Morgan fingerprint density at radius 3 is 2.21 bits per heavy atom. The molecule has 0 aromatic heterocycles. The van der Waals surface area contributed by atoms with Gasteiger partial charge in [0.2, 0.25) is 11.7 Å². The Morgan fingerprint density at radius 1 is 0.821 bits per heavy atom. The number of ether oxygens (including phenoxy) is 4. The number of carbonyl (C=O) groups excluding carboxylic acids is 3. The highest BCUT2D eigenvalue weighted by molar-refractivity contribution is 9.10. The SMILES string of the molecule is COc1ccccc1N1C(=O)[C@H]2[C@@H](C1=O)N(C(=O)c1cccc(Br)c1)N[C@H]2c1ccc(OC)c(OC)c1OC. The van der Waals surface area contributed by atoms with Gasteiger partial charge in [0.1, 0.15) is 11.8 Å². The standard InChI is InChI=1S/C28H26BrN3O7/c1-36-19-11-6-5-10-18(19)31-27(34)21-22(17-12-13-20(37-2)25(39-4)24(17)38-3)30-32(23(21)28(31)35)26(33)15-8-7-9-16(29)14-15/h5-14,21-23,30H,1-4H3/t21-,22+,23+/m1/s1. The maximum absolute atomic E-state index is 14.1. The molecule has 2 heterocycles. The minimum absolute atomic E-state index is 0.303. The summed E-state index contributed by atoms with van der Waals surface area (Å²) in [5.41, 5.74) is 4.31. The van der Waals surface area contributed by atoms with Gasteiger partial charge in [0.25, 0.3) is 11.8 Å². The third-order valence-electron chi connectivity index (χ3n) is 6.92. The summed E-state index contributed by atoms with van der Waals surface area (Å²) in [5, 5.41) is 1.24. The molecule has 2 aliphatic heterocycles. The van der Waals surface area contributed by atoms with Crippen molar-refractivity contribution in [3.8, 4) is 23.0 Å². The number of carbonyl (C=O) groups is 3. The molecular formula is C28H26BrN3O7. The molecule has 0 aliphatic carbocycles. The molecule has 3 atom stereocenters. The Bertz CT molecular complexity index is 1460. The first-order valence-corrected chi connectivity index (χ1v) is 12.8. The summed E-state index contributed by atoms with van der Waals surface area (Å²) in [7, 11) is 5.92. The number of hydrogen-bond donors (Lipinski definition) is 1. The van der Waals surface area contributed by atoms with Crippen molar-refractivity contribution < 1.29 is 33.3 Å². The number of nitrogens with zero attached hydrogens (tertiary/aromatic N) is 2. The van der Waals surface area contributed by atoms with Gasteiger partial charge in [-0.3, -0.25) is 19.4 Å². The van der Waals surface area contributed by atoms with E-state index in [1.54, 1.807) is 60.7 Å². The van der Waals surface area contributed by atoms with Gasteiger partial charge in [0.15, 0.2) is 11.5 Å². The Morgan fingerprint density at radius 2 is 1.54 bits per heavy atom. The summed E-state index contributed by atoms with van der Waals surface area (Å²) in [6.07, 6.45) is 0. The van der Waals surface area contributed by atoms with Gasteiger partial charge in [0, 0.05) is 15.6 Å². The van der Waals surface area contributed by atoms with Gasteiger partial charge in [-0.2, -0.15) is 0 Å². The number of para-hydroxylation sites is 2. The molecule has 3 aromatic carbocycles. The van der Waals surface area contributed by atoms with Crippen LogP contribution in [-0.4, -0.2) is 57.2 Å². The summed E-state index contributed by atoms with van der Waals surface area (Å²) in [6.45, 7) is 0. The number of halogens is 1. The van der Waals surface area contributed by atoms with Crippen LogP contribution in [-0.2, 0) is 9.59 Å². The van der Waals surface area contributed by atoms with Crippen molar-refractivity contribution in [1.29, 1.82) is 0 Å². The second kappa shape index (κ2) is 10.6. The molecule has 3 aromatic rings. The van der Waals surface area contributed by atoms with E-state index in [1.807, 2.05) is 0 Å². The molecule has 2 fully saturated rings. The number of rotatable bonds is 7. The lowest BCUT2D eigenvalue weighted by Gasteiger charge is -2.26. The Balaban J connectivity index is 1.66. The average Bonchev–Trinajstić information content (AvgIpc) is 3.47. The lowest BCUT2D eigenvalue weighted by Crippen LogP contribution is -2.48. The normalized spacial score (nSPS) is 20.2. The van der Waals surface area contributed by atoms with Crippen LogP contribution in [0.1, 0.15) is 22.0 Å². The number of nitrogens with one attached hydrogen (secondary N) is 1. The van der Waals surface area contributed by atoms with Crippen molar-refractivity contribution in [2.75, 3.05) is 33.3 Å². The van der Waals surface area contributed by atoms with Crippen molar-refractivity contribution in [1.82, 2.24) is 10.4 Å². The van der Waals surface area contributed by atoms with E-state index in [0.717, 1.165) is 4.90 Å². The van der Waals surface area contributed by atoms with Crippen LogP contribution < -0.4 is 29.3 Å². The van der Waals surface area contributed by atoms with E-state index in [1.165, 1.54) is 33.4 Å². The highest BCUT2D eigenvalue weighted by Gasteiger charge is 2.61. The zero-order chi connectivity index (χ0) is 27.8. The van der Waals surface area contributed by atoms with Crippen molar-refractivity contribution >= 4 is 39.3 Å². The van der Waals surface area contributed by atoms with Crippen LogP contribution in [0.3, 0.4) is 0 Å². The molecule has 0 radical (unpaired) electrons. The van der Waals surface area contributed by atoms with Gasteiger partial charge in [-0.25, -0.2) is 10.3 Å². The molecule has 2 aliphatic rings. The minimum atomic E-state index is -1.13. The monoisotopic (exact) mass is 595 g/mol. The van der Waals surface area contributed by atoms with Crippen molar-refractivity contribution in [3.05, 3.63) is 76.3 Å². The molecular weight excluding hydrogens is 570 g/mol. The second-order valence-corrected chi connectivity index (χ2v) is 9.79. The summed E-state index contributed by atoms with van der Waals surface area (Å²) in [6, 6.07) is 15.1. The third-order valence-corrected chi connectivity index (χ3v) is 7.41. The zero-order valence-electron chi connectivity index (χ0n) is 21.6. The number of hydrazine groups is 1. The van der Waals surface area contributed by atoms with E-state index >= 15 is 0 Å². The van der Waals surface area contributed by atoms with E-state index < -0.39 is 35.7 Å². The lowest BCUT2D eigenvalue weighted by atomic mass is 9.90. The fourth-order valence-corrected chi connectivity index (χ4v) is 5.61. The summed E-state index contributed by atoms with van der Waals surface area (Å²) < 4.78 is 22.8. The molecule has 0 unspecified atom stereocenters. The molecule has 0 bridgehead atoms. The van der Waals surface area contributed by atoms with Gasteiger partial charge in [-0.05, 0) is 42.5 Å². The van der Waals surface area contributed by atoms with E-state index in [-0.39, 0.29) is 0 Å². The van der Waals surface area contributed by atoms with Crippen LogP contribution in [0.25, 0.3) is 0 Å². The number of fused-ring (bicyclic) bond motifs is 1. The van der Waals surface area contributed by atoms with Crippen LogP contribution in [0.15, 0.2) is 65.1 Å². The Labute approximate surface area is 233 Å². The fourth-order valence-electron chi connectivity index (χ4n) is 5.21. The van der Waals surface area contributed by atoms with Crippen molar-refractivity contribution in [3.63, 3.8) is 0 Å². The predicted molar refractivity (Wildman–Crippen MR) is 145 cm³/mol. The molecule has 5 rings (SSSR count). The number of imide groups is 1. The Hall–Kier alpha value is -4.09. The van der Waals surface area contributed by atoms with Crippen molar-refractivity contribution in [2.24, 2.45) is 5.92 Å². The van der Waals surface area contributed by atoms with Gasteiger partial charge >= 0.3 is 0 Å². The molecule has 39 heavy (non-hydrogen) atoms. The van der Waals surface area contributed by atoms with E-state index in [2.05, 4.69) is 21.4 Å². The molecule has 3 amide bonds. The van der Waals surface area contributed by atoms with E-state index in [9.17, 15) is 14.4 Å². The first kappa shape index (κ1) is 26.5. The highest BCUT2D eigenvalue weighted by Crippen LogP contribution is 2.49. The van der Waals surface area contributed by atoms with Crippen LogP contribution >= 0.6 is 15.9 Å². The second-order valence-electron chi connectivity index (χ2n) is 8.87. The van der Waals surface area contributed by atoms with Gasteiger partial charge in [-0.1, -0.05) is 34.1 Å². The van der Waals surface area contributed by atoms with Gasteiger partial charge in [-0.15, -0.1) is 0 Å². The van der Waals surface area contributed by atoms with Crippen molar-refractivity contribution in [2.45, 2.75) is 12.1 Å². The highest BCUT2D eigenvalue weighted by atomic mass is 79.9. The topological polar surface area (TPSA) is 107 Å². The summed E-state index contributed by atoms with van der Waals surface area (Å²) >= 11 is 3.39. The zero-order valence-corrected chi connectivity index (χ0v) is 23.2. The number of hydrogen-bond acceptors (Lipinski definition) is 8. The predicted octanol–water partition coefficient (Wildman–Crippen LogP) is 3.74. The van der Waals surface area contributed by atoms with Gasteiger partial charge < -0.3 is 18.9 Å². The molecule has 0 saturated carbocycles. The fraction of sp³-hybridized carbons (Fsp3) is 0.250. The largest absolute Gasteiger partial charge is 0.495 e. The molecule has 11 heteroatoms. The molecule has 202 valence electrons. The first-order chi connectivity index (χ1) is 18.9.